The first-order chi connectivity index (χ1) is 4.13. The van der Waals surface area contributed by atoms with E-state index in [1.54, 1.807) is 0 Å². The predicted octanol–water partition coefficient (Wildman–Crippen LogP) is -0.396. The van der Waals surface area contributed by atoms with E-state index in [9.17, 15) is 14.9 Å². The molecule has 0 aliphatic carbocycles. The third-order valence-electron chi connectivity index (χ3n) is 0.243. The molecular weight excluding hydrogens is 134 g/mol. The van der Waals surface area contributed by atoms with Crippen molar-refractivity contribution in [3.63, 3.8) is 0 Å². The lowest BCUT2D eigenvalue weighted by molar-refractivity contribution is -0.885. The number of rotatable bonds is 3. The van der Waals surface area contributed by atoms with Gasteiger partial charge in [0.1, 0.15) is 0 Å². The average molecular weight is 137 g/mol. The summed E-state index contributed by atoms with van der Waals surface area (Å²) in [6, 6.07) is 0. The van der Waals surface area contributed by atoms with Crippen molar-refractivity contribution in [1.29, 1.82) is 0 Å². The fourth-order valence-electron chi connectivity index (χ4n) is 0.0880. The van der Waals surface area contributed by atoms with E-state index >= 15 is 0 Å². The van der Waals surface area contributed by atoms with Crippen LogP contribution in [0.15, 0.2) is 0 Å². The highest BCUT2D eigenvalue weighted by Crippen LogP contribution is 1.80. The summed E-state index contributed by atoms with van der Waals surface area (Å²) in [4.78, 5) is 25.7. The molecule has 0 bridgehead atoms. The van der Waals surface area contributed by atoms with Crippen LogP contribution in [0.1, 0.15) is 6.92 Å². The maximum Gasteiger partial charge on any atom is 0.342 e. The molecule has 0 aromatic carbocycles. The van der Waals surface area contributed by atoms with Crippen LogP contribution in [0.4, 0.5) is 0 Å². The van der Waals surface area contributed by atoms with E-state index in [0.29, 0.717) is 0 Å². The molecule has 0 aliphatic rings. The Morgan fingerprint density at radius 2 is 2.22 bits per heavy atom. The Labute approximate surface area is 49.1 Å². The van der Waals surface area contributed by atoms with Gasteiger partial charge in [0.15, 0.2) is 0 Å². The van der Waals surface area contributed by atoms with Crippen molar-refractivity contribution in [2.45, 2.75) is 6.92 Å². The summed E-state index contributed by atoms with van der Waals surface area (Å²) in [5, 5.41) is 11.3. The highest BCUT2D eigenvalue weighted by molar-refractivity contribution is 5.65. The molecule has 0 saturated heterocycles. The molecule has 0 heterocycles. The molecule has 0 saturated carbocycles. The number of hydrogen-bond acceptors (Lipinski definition) is 6. The van der Waals surface area contributed by atoms with Crippen molar-refractivity contribution in [2.75, 3.05) is 0 Å². The van der Waals surface area contributed by atoms with Gasteiger partial charge in [0.25, 0.3) is 0 Å². The monoisotopic (exact) mass is 137 g/mol. The van der Waals surface area contributed by atoms with Gasteiger partial charge in [-0.15, -0.1) is 15.1 Å². The van der Waals surface area contributed by atoms with Gasteiger partial charge < -0.3 is 0 Å². The molecule has 0 rings (SSSR count). The Morgan fingerprint density at radius 3 is 2.56 bits per heavy atom. The van der Waals surface area contributed by atoms with Crippen molar-refractivity contribution in [1.82, 2.24) is 0 Å². The van der Waals surface area contributed by atoms with E-state index in [1.807, 2.05) is 0 Å². The van der Waals surface area contributed by atoms with Crippen molar-refractivity contribution in [3.8, 4) is 0 Å². The van der Waals surface area contributed by atoms with E-state index < -0.39 is 11.1 Å². The zero-order valence-corrected chi connectivity index (χ0v) is 4.40. The van der Waals surface area contributed by atoms with E-state index in [-0.39, 0.29) is 0 Å². The van der Waals surface area contributed by atoms with Gasteiger partial charge in [-0.2, -0.15) is 0 Å². The molecule has 0 fully saturated rings. The first kappa shape index (κ1) is 7.63. The van der Waals surface area contributed by atoms with Crippen LogP contribution in [0.3, 0.4) is 0 Å². The van der Waals surface area contributed by atoms with Crippen LogP contribution in [-0.4, -0.2) is 11.1 Å². The molecule has 7 heteroatoms. The van der Waals surface area contributed by atoms with E-state index in [2.05, 4.69) is 14.9 Å². The van der Waals surface area contributed by atoms with Gasteiger partial charge in [0.05, 0.1) is 0 Å². The number of carbonyl (C=O) groups is 1. The van der Waals surface area contributed by atoms with E-state index in [4.69, 9.17) is 0 Å². The van der Waals surface area contributed by atoms with Crippen LogP contribution in [0.2, 0.25) is 0 Å². The second-order valence-electron chi connectivity index (χ2n) is 0.941. The van der Waals surface area contributed by atoms with Crippen molar-refractivity contribution in [3.05, 3.63) is 10.1 Å². The van der Waals surface area contributed by atoms with Gasteiger partial charge in [0, 0.05) is 12.0 Å². The standard InChI is InChI=1S/C2H3NO6/c1-2(4)7-9-8-3(5)6/h1H3. The topological polar surface area (TPSA) is 87.9 Å². The van der Waals surface area contributed by atoms with Crippen molar-refractivity contribution in [2.24, 2.45) is 0 Å². The smallest absolute Gasteiger partial charge is 0.269 e. The SMILES string of the molecule is CC(=O)OOO[N+](=O)[O-]. The Balaban J connectivity index is 3.10. The molecule has 0 amide bonds. The molecule has 0 atom stereocenters. The minimum atomic E-state index is -1.26. The molecule has 52 valence electrons. The minimum Gasteiger partial charge on any atom is -0.269 e. The third kappa shape index (κ3) is 6.63. The Bertz CT molecular complexity index is 106. The molecule has 0 aromatic rings. The summed E-state index contributed by atoms with van der Waals surface area (Å²) in [6.45, 7) is 1.00. The molecular formula is C2H3NO6. The van der Waals surface area contributed by atoms with Crippen LogP contribution in [0.5, 0.6) is 0 Å². The number of hydrogen-bond donors (Lipinski definition) is 0. The van der Waals surface area contributed by atoms with Gasteiger partial charge in [-0.1, -0.05) is 0 Å². The van der Waals surface area contributed by atoms with Gasteiger partial charge in [0.2, 0.25) is 0 Å². The predicted molar refractivity (Wildman–Crippen MR) is 20.9 cm³/mol. The van der Waals surface area contributed by atoms with Crippen LogP contribution >= 0.6 is 0 Å². The fourth-order valence-corrected chi connectivity index (χ4v) is 0.0880. The van der Waals surface area contributed by atoms with Gasteiger partial charge in [-0.25, -0.2) is 4.79 Å². The molecule has 7 nitrogen and oxygen atoms in total. The third-order valence-corrected chi connectivity index (χ3v) is 0.243. The Kier molecular flexibility index (Phi) is 3.06. The van der Waals surface area contributed by atoms with Crippen molar-refractivity contribution < 1.29 is 24.8 Å². The molecule has 0 unspecified atom stereocenters. The highest BCUT2D eigenvalue weighted by Gasteiger charge is 1.97. The van der Waals surface area contributed by atoms with Gasteiger partial charge in [-0.05, 0) is 0 Å². The summed E-state index contributed by atoms with van der Waals surface area (Å²) < 4.78 is 0. The largest absolute Gasteiger partial charge is 0.342 e. The van der Waals surface area contributed by atoms with Crippen molar-refractivity contribution >= 4 is 5.97 Å². The first-order valence-electron chi connectivity index (χ1n) is 1.79. The Morgan fingerprint density at radius 1 is 1.67 bits per heavy atom. The van der Waals surface area contributed by atoms with Crippen LogP contribution in [0, 0.1) is 10.1 Å². The molecule has 0 N–H and O–H groups in total. The zero-order valence-electron chi connectivity index (χ0n) is 4.40. The van der Waals surface area contributed by atoms with Crippen LogP contribution in [0.25, 0.3) is 0 Å². The molecule has 0 spiro atoms. The van der Waals surface area contributed by atoms with Crippen LogP contribution < -0.4 is 0 Å². The molecule has 0 radical (unpaired) electrons. The summed E-state index contributed by atoms with van der Waals surface area (Å²) in [5.74, 6) is -0.836. The van der Waals surface area contributed by atoms with Gasteiger partial charge in [-0.3, -0.25) is 4.89 Å². The summed E-state index contributed by atoms with van der Waals surface area (Å²) in [7, 11) is 0. The van der Waals surface area contributed by atoms with E-state index in [0.717, 1.165) is 6.92 Å². The molecule has 0 aromatic heterocycles. The summed E-state index contributed by atoms with van der Waals surface area (Å²) >= 11 is 0. The zero-order chi connectivity index (χ0) is 7.28. The second-order valence-corrected chi connectivity index (χ2v) is 0.941. The maximum absolute atomic E-state index is 9.78. The number of carbonyl (C=O) groups excluding carboxylic acids is 1. The summed E-state index contributed by atoms with van der Waals surface area (Å²) in [6.07, 6.45) is 0. The summed E-state index contributed by atoms with van der Waals surface area (Å²) in [5.41, 5.74) is 0. The quantitative estimate of drug-likeness (QED) is 0.299. The lowest BCUT2D eigenvalue weighted by Crippen LogP contribution is -2.05. The van der Waals surface area contributed by atoms with Gasteiger partial charge >= 0.3 is 11.1 Å². The lowest BCUT2D eigenvalue weighted by Gasteiger charge is -1.92. The average Bonchev–Trinajstić information content (AvgIpc) is 1.63. The van der Waals surface area contributed by atoms with Crippen LogP contribution in [-0.2, 0) is 19.7 Å². The molecule has 0 aliphatic heterocycles. The second kappa shape index (κ2) is 3.61. The lowest BCUT2D eigenvalue weighted by atomic mass is 10.9. The number of nitrogens with zero attached hydrogens (tertiary/aromatic N) is 1. The molecule has 9 heavy (non-hydrogen) atoms. The Hall–Kier alpha value is -1.37. The van der Waals surface area contributed by atoms with E-state index in [1.165, 1.54) is 0 Å². The minimum absolute atomic E-state index is 0.836. The maximum atomic E-state index is 9.78. The highest BCUT2D eigenvalue weighted by atomic mass is 17.6. The fraction of sp³-hybridized carbons (Fsp3) is 0.500. The normalized spacial score (nSPS) is 8.11. The first-order valence-corrected chi connectivity index (χ1v) is 1.79.